The minimum atomic E-state index is -0.707. The number of halogens is 1. The first kappa shape index (κ1) is 27.6. The summed E-state index contributed by atoms with van der Waals surface area (Å²) in [6.07, 6.45) is 7.33. The summed E-state index contributed by atoms with van der Waals surface area (Å²) >= 11 is 1.77. The number of likely N-dealkylation sites (tertiary alicyclic amines) is 2. The summed E-state index contributed by atoms with van der Waals surface area (Å²) in [5.41, 5.74) is 3.54. The van der Waals surface area contributed by atoms with Gasteiger partial charge in [0, 0.05) is 43.3 Å². The first-order valence-electron chi connectivity index (χ1n) is 14.9. The zero-order chi connectivity index (χ0) is 27.5. The maximum Gasteiger partial charge on any atom is 0.320 e. The van der Waals surface area contributed by atoms with Crippen molar-refractivity contribution in [3.8, 4) is 0 Å². The molecule has 0 spiro atoms. The van der Waals surface area contributed by atoms with Crippen LogP contribution in [0.4, 0.5) is 4.39 Å². The number of aromatic nitrogens is 1. The maximum atomic E-state index is 14.2. The normalized spacial score (nSPS) is 23.7. The smallest absolute Gasteiger partial charge is 0.320 e. The van der Waals surface area contributed by atoms with E-state index < -0.39 is 12.0 Å². The minimum absolute atomic E-state index is 0.149. The summed E-state index contributed by atoms with van der Waals surface area (Å²) in [7, 11) is 0. The van der Waals surface area contributed by atoms with E-state index >= 15 is 0 Å². The van der Waals surface area contributed by atoms with E-state index in [1.807, 2.05) is 12.1 Å². The van der Waals surface area contributed by atoms with Gasteiger partial charge in [0.1, 0.15) is 11.9 Å². The van der Waals surface area contributed by atoms with Crippen molar-refractivity contribution >= 4 is 17.3 Å². The molecule has 0 radical (unpaired) electrons. The Labute approximate surface area is 241 Å². The lowest BCUT2D eigenvalue weighted by Gasteiger charge is -2.34. The lowest BCUT2D eigenvalue weighted by atomic mass is 9.80. The topological polar surface area (TPSA) is 56.7 Å². The van der Waals surface area contributed by atoms with Crippen LogP contribution in [0.1, 0.15) is 72.2 Å². The Bertz CT molecular complexity index is 1270. The number of carboxylic acids is 1. The number of piperidine rings is 1. The second-order valence-corrected chi connectivity index (χ2v) is 13.1. The Morgan fingerprint density at radius 3 is 2.55 bits per heavy atom. The average Bonchev–Trinajstić information content (AvgIpc) is 3.56. The number of aliphatic carboxylic acids is 1. The van der Waals surface area contributed by atoms with E-state index in [1.165, 1.54) is 28.8 Å². The highest BCUT2D eigenvalue weighted by Gasteiger charge is 2.41. The van der Waals surface area contributed by atoms with Crippen molar-refractivity contribution in [2.45, 2.75) is 62.8 Å². The summed E-state index contributed by atoms with van der Waals surface area (Å²) in [6.45, 7) is 4.42. The number of hydrogen-bond acceptors (Lipinski definition) is 5. The van der Waals surface area contributed by atoms with Crippen molar-refractivity contribution in [3.05, 3.63) is 87.6 Å². The molecule has 7 heteroatoms. The monoisotopic (exact) mass is 561 g/mol. The Morgan fingerprint density at radius 2 is 1.85 bits per heavy atom. The van der Waals surface area contributed by atoms with Crippen molar-refractivity contribution in [2.75, 3.05) is 32.7 Å². The highest BCUT2D eigenvalue weighted by Crippen LogP contribution is 2.39. The fraction of sp³-hybridized carbons (Fsp3) is 0.515. The molecule has 3 atom stereocenters. The Morgan fingerprint density at radius 1 is 1.05 bits per heavy atom. The summed E-state index contributed by atoms with van der Waals surface area (Å²) < 4.78 is 14.2. The van der Waals surface area contributed by atoms with Crippen LogP contribution in [0.25, 0.3) is 0 Å². The van der Waals surface area contributed by atoms with Crippen LogP contribution in [0.2, 0.25) is 0 Å². The van der Waals surface area contributed by atoms with Gasteiger partial charge in [-0.3, -0.25) is 9.69 Å². The summed E-state index contributed by atoms with van der Waals surface area (Å²) in [6, 6.07) is 17.1. The molecule has 0 unspecified atom stereocenters. The second kappa shape index (κ2) is 12.5. The fourth-order valence-electron chi connectivity index (χ4n) is 7.02. The molecule has 1 N–H and O–H groups in total. The third kappa shape index (κ3) is 6.48. The molecule has 1 saturated carbocycles. The molecule has 3 aliphatic rings. The summed E-state index contributed by atoms with van der Waals surface area (Å²) in [5.74, 6) is 0.547. The van der Waals surface area contributed by atoms with Crippen LogP contribution < -0.4 is 0 Å². The van der Waals surface area contributed by atoms with Crippen molar-refractivity contribution in [3.63, 3.8) is 0 Å². The zero-order valence-corrected chi connectivity index (χ0v) is 23.9. The first-order valence-corrected chi connectivity index (χ1v) is 15.8. The van der Waals surface area contributed by atoms with Gasteiger partial charge in [-0.15, -0.1) is 11.3 Å². The van der Waals surface area contributed by atoms with Gasteiger partial charge in [-0.2, -0.15) is 0 Å². The van der Waals surface area contributed by atoms with Crippen LogP contribution in [0.15, 0.2) is 60.0 Å². The average molecular weight is 562 g/mol. The fourth-order valence-corrected chi connectivity index (χ4v) is 7.93. The van der Waals surface area contributed by atoms with E-state index in [4.69, 9.17) is 4.98 Å². The molecule has 6 rings (SSSR count). The molecule has 0 bridgehead atoms. The number of nitrogens with zero attached hydrogens (tertiary/aromatic N) is 3. The number of carboxylic acid groups (broad SMARTS) is 1. The predicted molar refractivity (Wildman–Crippen MR) is 157 cm³/mol. The number of carbonyl (C=O) groups is 1. The van der Waals surface area contributed by atoms with E-state index in [9.17, 15) is 14.3 Å². The van der Waals surface area contributed by atoms with Crippen LogP contribution >= 0.6 is 11.3 Å². The van der Waals surface area contributed by atoms with Crippen LogP contribution in [0.3, 0.4) is 0 Å². The first-order chi connectivity index (χ1) is 19.5. The Kier molecular flexibility index (Phi) is 8.61. The van der Waals surface area contributed by atoms with E-state index in [0.717, 1.165) is 70.3 Å². The van der Waals surface area contributed by atoms with Gasteiger partial charge in [0.25, 0.3) is 0 Å². The molecule has 0 amide bonds. The van der Waals surface area contributed by atoms with Gasteiger partial charge in [0.15, 0.2) is 0 Å². The molecule has 1 aliphatic carbocycles. The van der Waals surface area contributed by atoms with Crippen LogP contribution in [-0.2, 0) is 11.2 Å². The molecular formula is C33H40FN3O2S. The van der Waals surface area contributed by atoms with Gasteiger partial charge in [0.05, 0.1) is 10.7 Å². The highest BCUT2D eigenvalue weighted by molar-refractivity contribution is 7.09. The van der Waals surface area contributed by atoms with Crippen LogP contribution in [0, 0.1) is 17.7 Å². The van der Waals surface area contributed by atoms with Gasteiger partial charge >= 0.3 is 5.97 Å². The van der Waals surface area contributed by atoms with Gasteiger partial charge in [-0.05, 0) is 67.4 Å². The minimum Gasteiger partial charge on any atom is -0.480 e. The lowest BCUT2D eigenvalue weighted by molar-refractivity contribution is -0.144. The predicted octanol–water partition coefficient (Wildman–Crippen LogP) is 6.41. The molecule has 3 fully saturated rings. The van der Waals surface area contributed by atoms with Crippen molar-refractivity contribution in [2.24, 2.45) is 11.8 Å². The van der Waals surface area contributed by atoms with E-state index in [2.05, 4.69) is 39.4 Å². The number of rotatable bonds is 10. The van der Waals surface area contributed by atoms with E-state index in [0.29, 0.717) is 24.3 Å². The van der Waals surface area contributed by atoms with Gasteiger partial charge in [-0.1, -0.05) is 61.7 Å². The molecule has 3 aromatic rings. The number of benzene rings is 2. The Balaban J connectivity index is 1.09. The number of thiazole rings is 1. The Hall–Kier alpha value is -2.61. The summed E-state index contributed by atoms with van der Waals surface area (Å²) in [4.78, 5) is 22.1. The highest BCUT2D eigenvalue weighted by atomic mass is 32.1. The molecule has 2 saturated heterocycles. The van der Waals surface area contributed by atoms with Gasteiger partial charge < -0.3 is 10.0 Å². The molecule has 1 aromatic heterocycles. The van der Waals surface area contributed by atoms with E-state index in [-0.39, 0.29) is 11.7 Å². The molecule has 40 heavy (non-hydrogen) atoms. The van der Waals surface area contributed by atoms with Crippen molar-refractivity contribution in [1.82, 2.24) is 14.8 Å². The largest absolute Gasteiger partial charge is 0.480 e. The third-order valence-electron chi connectivity index (χ3n) is 9.52. The van der Waals surface area contributed by atoms with Crippen molar-refractivity contribution in [1.29, 1.82) is 0 Å². The van der Waals surface area contributed by atoms with Crippen molar-refractivity contribution < 1.29 is 14.3 Å². The van der Waals surface area contributed by atoms with Crippen LogP contribution in [-0.4, -0.2) is 64.6 Å². The maximum absolute atomic E-state index is 14.2. The van der Waals surface area contributed by atoms with Gasteiger partial charge in [0.2, 0.25) is 0 Å². The second-order valence-electron chi connectivity index (χ2n) is 12.2. The van der Waals surface area contributed by atoms with E-state index in [1.54, 1.807) is 23.5 Å². The molecule has 2 aliphatic heterocycles. The quantitative estimate of drug-likeness (QED) is 0.310. The van der Waals surface area contributed by atoms with Crippen LogP contribution in [0.5, 0.6) is 0 Å². The lowest BCUT2D eigenvalue weighted by Crippen LogP contribution is -2.43. The molecule has 3 heterocycles. The standard InChI is InChI=1S/C33H40FN3O2S/c34-28-11-5-10-26(18-28)29-21-37(31(33(38)39)16-23-8-4-9-23)20-27(29)19-36-14-12-25(13-15-36)30-22-40-32(35-30)17-24-6-2-1-3-7-24/h1-3,5-7,10-11,18,22-23,25,27,29,31H,4,8-9,12-17,19-21H2,(H,38,39)/t27-,29+,31+/m0/s1. The molecular weight excluding hydrogens is 521 g/mol. The van der Waals surface area contributed by atoms with Gasteiger partial charge in [-0.25, -0.2) is 9.37 Å². The zero-order valence-electron chi connectivity index (χ0n) is 23.1. The molecule has 5 nitrogen and oxygen atoms in total. The third-order valence-corrected chi connectivity index (χ3v) is 10.4. The number of hydrogen-bond donors (Lipinski definition) is 1. The SMILES string of the molecule is O=C(O)[C@@H](CC1CCC1)N1C[C@H](CN2CCC(c3csc(Cc4ccccc4)n3)CC2)[C@@H](c2cccc(F)c2)C1. The molecule has 2 aromatic carbocycles. The summed E-state index contributed by atoms with van der Waals surface area (Å²) in [5, 5.41) is 13.5. The molecule has 212 valence electrons.